The predicted octanol–water partition coefficient (Wildman–Crippen LogP) is 10.3. The van der Waals surface area contributed by atoms with E-state index in [-0.39, 0.29) is 0 Å². The highest BCUT2D eigenvalue weighted by molar-refractivity contribution is 7.32. The minimum absolute atomic E-state index is 0.517. The molecule has 0 heterocycles. The molecule has 0 bridgehead atoms. The van der Waals surface area contributed by atoms with E-state index in [2.05, 4.69) is 26.0 Å². The first-order chi connectivity index (χ1) is 15.8. The van der Waals surface area contributed by atoms with Gasteiger partial charge in [-0.15, -0.1) is 0 Å². The lowest BCUT2D eigenvalue weighted by Gasteiger charge is -2.41. The smallest absolute Gasteiger partial charge is 0.314 e. The second-order valence-electron chi connectivity index (χ2n) is 11.1. The fourth-order valence-electron chi connectivity index (χ4n) is 4.99. The third kappa shape index (κ3) is 16.0. The number of hydrogen-bond acceptors (Lipinski definition) is 2. The highest BCUT2D eigenvalue weighted by Crippen LogP contribution is 2.44. The van der Waals surface area contributed by atoms with Crippen molar-refractivity contribution in [1.29, 1.82) is 0 Å². The maximum absolute atomic E-state index is 12.1. The van der Waals surface area contributed by atoms with E-state index >= 15 is 0 Å². The molecule has 0 aromatic heterocycles. The number of quaternary nitrogens is 1. The van der Waals surface area contributed by atoms with E-state index in [0.29, 0.717) is 4.48 Å². The molecule has 0 N–H and O–H groups in total. The molecule has 1 unspecified atom stereocenters. The maximum Gasteiger partial charge on any atom is 0.378 e. The Kier molecular flexibility index (Phi) is 20.7. The SMILES string of the molecule is CCCCCCCCCCCCCC=CCCCCCCCC(CCC)(P(=O)=O)[N+](C)(C)C. The summed E-state index contributed by atoms with van der Waals surface area (Å²) < 4.78 is 24.7. The van der Waals surface area contributed by atoms with Crippen molar-refractivity contribution < 1.29 is 13.6 Å². The van der Waals surface area contributed by atoms with Crippen LogP contribution in [-0.2, 0) is 9.13 Å². The molecule has 0 aliphatic carbocycles. The Bertz CT molecular complexity index is 528. The van der Waals surface area contributed by atoms with Crippen LogP contribution in [0.5, 0.6) is 0 Å². The van der Waals surface area contributed by atoms with Gasteiger partial charge in [-0.3, -0.25) is 0 Å². The van der Waals surface area contributed by atoms with E-state index in [1.54, 1.807) is 0 Å². The summed E-state index contributed by atoms with van der Waals surface area (Å²) in [7, 11) is 3.67. The molecule has 0 aromatic rings. The first-order valence-corrected chi connectivity index (χ1v) is 15.6. The molecule has 0 saturated heterocycles. The number of hydrogen-bond donors (Lipinski definition) is 0. The maximum atomic E-state index is 12.1. The molecule has 3 nitrogen and oxygen atoms in total. The zero-order valence-electron chi connectivity index (χ0n) is 23.2. The van der Waals surface area contributed by atoms with Gasteiger partial charge in [0.2, 0.25) is 5.28 Å². The molecule has 0 aromatic carbocycles. The molecular formula is C29H59NO2P+. The van der Waals surface area contributed by atoms with Gasteiger partial charge in [-0.2, -0.15) is 0 Å². The summed E-state index contributed by atoms with van der Waals surface area (Å²) in [4.78, 5) is 0. The molecule has 0 amide bonds. The Morgan fingerprint density at radius 3 is 1.30 bits per heavy atom. The minimum Gasteiger partial charge on any atom is -0.314 e. The van der Waals surface area contributed by atoms with Gasteiger partial charge in [-0.25, -0.2) is 9.13 Å². The van der Waals surface area contributed by atoms with Gasteiger partial charge >= 0.3 is 7.68 Å². The quantitative estimate of drug-likeness (QED) is 0.0591. The Balaban J connectivity index is 3.63. The lowest BCUT2D eigenvalue weighted by Crippen LogP contribution is -2.53. The molecule has 0 saturated carbocycles. The van der Waals surface area contributed by atoms with Crippen LogP contribution in [-0.4, -0.2) is 30.9 Å². The third-order valence-electron chi connectivity index (χ3n) is 7.33. The van der Waals surface area contributed by atoms with Crippen LogP contribution in [0.1, 0.15) is 149 Å². The fourth-order valence-corrected chi connectivity index (χ4v) is 6.22. The van der Waals surface area contributed by atoms with Gasteiger partial charge in [-0.1, -0.05) is 109 Å². The Morgan fingerprint density at radius 1 is 0.545 bits per heavy atom. The predicted molar refractivity (Wildman–Crippen MR) is 147 cm³/mol. The van der Waals surface area contributed by atoms with Crippen LogP contribution in [0.3, 0.4) is 0 Å². The molecule has 0 rings (SSSR count). The summed E-state index contributed by atoms with van der Waals surface area (Å²) in [6.07, 6.45) is 31.2. The van der Waals surface area contributed by atoms with E-state index in [4.69, 9.17) is 0 Å². The van der Waals surface area contributed by atoms with E-state index in [1.807, 2.05) is 21.1 Å². The largest absolute Gasteiger partial charge is 0.378 e. The fraction of sp³-hybridized carbons (Fsp3) is 0.931. The normalized spacial score (nSPS) is 14.1. The van der Waals surface area contributed by atoms with Gasteiger partial charge in [0.15, 0.2) is 0 Å². The van der Waals surface area contributed by atoms with Crippen molar-refractivity contribution in [3.05, 3.63) is 12.2 Å². The average molecular weight is 485 g/mol. The van der Waals surface area contributed by atoms with Crippen molar-refractivity contribution in [2.24, 2.45) is 0 Å². The molecule has 196 valence electrons. The van der Waals surface area contributed by atoms with Crippen LogP contribution in [0.15, 0.2) is 12.2 Å². The number of allylic oxidation sites excluding steroid dienone is 2. The number of rotatable bonds is 24. The van der Waals surface area contributed by atoms with Gasteiger partial charge < -0.3 is 4.48 Å². The first kappa shape index (κ1) is 32.6. The lowest BCUT2D eigenvalue weighted by atomic mass is 9.99. The number of unbranched alkanes of at least 4 members (excludes halogenated alkanes) is 16. The second-order valence-corrected chi connectivity index (χ2v) is 12.5. The monoisotopic (exact) mass is 484 g/mol. The van der Waals surface area contributed by atoms with Crippen molar-refractivity contribution in [1.82, 2.24) is 0 Å². The van der Waals surface area contributed by atoms with Gasteiger partial charge in [0.25, 0.3) is 0 Å². The third-order valence-corrected chi connectivity index (χ3v) is 9.05. The standard InChI is InChI=1S/C29H59NO2P/c1-6-8-9-10-11-12-13-14-15-16-17-18-19-20-21-22-23-24-25-26-28-29(27-7-2,33(31)32)30(3,4)5/h19-20H,6-18,21-28H2,1-5H3/q+1. The molecular weight excluding hydrogens is 425 g/mol. The summed E-state index contributed by atoms with van der Waals surface area (Å²) in [6.45, 7) is 4.38. The first-order valence-electron chi connectivity index (χ1n) is 14.4. The summed E-state index contributed by atoms with van der Waals surface area (Å²) in [5.41, 5.74) is 0. The van der Waals surface area contributed by atoms with E-state index in [1.165, 1.54) is 103 Å². The van der Waals surface area contributed by atoms with E-state index < -0.39 is 13.0 Å². The van der Waals surface area contributed by atoms with Crippen LogP contribution in [0.4, 0.5) is 0 Å². The van der Waals surface area contributed by atoms with Crippen molar-refractivity contribution in [2.45, 2.75) is 154 Å². The Morgan fingerprint density at radius 2 is 0.939 bits per heavy atom. The van der Waals surface area contributed by atoms with E-state index in [0.717, 1.165) is 32.1 Å². The van der Waals surface area contributed by atoms with Crippen molar-refractivity contribution in [3.8, 4) is 0 Å². The zero-order chi connectivity index (χ0) is 24.8. The molecule has 0 aliphatic rings. The number of nitrogens with zero attached hydrogens (tertiary/aromatic N) is 1. The topological polar surface area (TPSA) is 34.1 Å². The van der Waals surface area contributed by atoms with Gasteiger partial charge in [0, 0.05) is 12.8 Å². The van der Waals surface area contributed by atoms with Gasteiger partial charge in [0.1, 0.15) is 0 Å². The van der Waals surface area contributed by atoms with Gasteiger partial charge in [0.05, 0.1) is 21.1 Å². The average Bonchev–Trinajstić information content (AvgIpc) is 2.76. The minimum atomic E-state index is -2.43. The summed E-state index contributed by atoms with van der Waals surface area (Å²) in [6, 6.07) is 0. The van der Waals surface area contributed by atoms with Crippen LogP contribution < -0.4 is 0 Å². The molecule has 1 atom stereocenters. The van der Waals surface area contributed by atoms with Crippen molar-refractivity contribution >= 4 is 7.68 Å². The second kappa shape index (κ2) is 20.9. The lowest BCUT2D eigenvalue weighted by molar-refractivity contribution is -0.908. The molecule has 0 fully saturated rings. The van der Waals surface area contributed by atoms with Crippen LogP contribution in [0.2, 0.25) is 0 Å². The highest BCUT2D eigenvalue weighted by atomic mass is 31.1. The van der Waals surface area contributed by atoms with Crippen molar-refractivity contribution in [2.75, 3.05) is 21.1 Å². The van der Waals surface area contributed by atoms with Crippen LogP contribution in [0, 0.1) is 0 Å². The zero-order valence-corrected chi connectivity index (χ0v) is 24.1. The Hall–Kier alpha value is -0.400. The molecule has 0 radical (unpaired) electrons. The molecule has 4 heteroatoms. The van der Waals surface area contributed by atoms with Crippen LogP contribution in [0.25, 0.3) is 0 Å². The summed E-state index contributed by atoms with van der Waals surface area (Å²) in [5.74, 6) is 0. The van der Waals surface area contributed by atoms with Crippen LogP contribution >= 0.6 is 7.68 Å². The molecule has 0 spiro atoms. The molecule has 0 aliphatic heterocycles. The van der Waals surface area contributed by atoms with Crippen molar-refractivity contribution in [3.63, 3.8) is 0 Å². The molecule has 33 heavy (non-hydrogen) atoms. The highest BCUT2D eigenvalue weighted by Gasteiger charge is 2.47. The summed E-state index contributed by atoms with van der Waals surface area (Å²) in [5, 5.41) is -0.596. The Labute approximate surface area is 208 Å². The van der Waals surface area contributed by atoms with Gasteiger partial charge in [-0.05, 0) is 38.5 Å². The summed E-state index contributed by atoms with van der Waals surface area (Å²) >= 11 is 0. The van der Waals surface area contributed by atoms with E-state index in [9.17, 15) is 9.13 Å².